The van der Waals surface area contributed by atoms with Gasteiger partial charge < -0.3 is 10.1 Å². The molecule has 0 amide bonds. The largest absolute Gasteiger partial charge is 0.480 e. The standard InChI is InChI=1S/C13H8N6O/c1-20-13-10-3-2-9(4-11(10)18-19-13)17-12(7-16)8(5-14)6-15/h2-4,17H,1H3,(H,18,19). The summed E-state index contributed by atoms with van der Waals surface area (Å²) >= 11 is 0. The van der Waals surface area contributed by atoms with Crippen molar-refractivity contribution in [3.8, 4) is 24.1 Å². The number of H-pyrrole nitrogens is 1. The molecule has 0 bridgehead atoms. The van der Waals surface area contributed by atoms with Crippen LogP contribution in [0.2, 0.25) is 0 Å². The van der Waals surface area contributed by atoms with Gasteiger partial charge in [-0.15, -0.1) is 5.10 Å². The van der Waals surface area contributed by atoms with E-state index in [1.165, 1.54) is 7.11 Å². The highest BCUT2D eigenvalue weighted by Crippen LogP contribution is 2.25. The number of aromatic amines is 1. The fraction of sp³-hybridized carbons (Fsp3) is 0.0769. The van der Waals surface area contributed by atoms with Crippen molar-refractivity contribution in [2.75, 3.05) is 12.4 Å². The molecule has 7 nitrogen and oxygen atoms in total. The molecule has 0 saturated carbocycles. The quantitative estimate of drug-likeness (QED) is 0.815. The lowest BCUT2D eigenvalue weighted by Gasteiger charge is -2.04. The summed E-state index contributed by atoms with van der Waals surface area (Å²) in [4.78, 5) is 0. The molecule has 1 heterocycles. The molecule has 0 radical (unpaired) electrons. The highest BCUT2D eigenvalue weighted by molar-refractivity contribution is 5.87. The Labute approximate surface area is 114 Å². The molecule has 2 aromatic rings. The number of rotatable bonds is 3. The van der Waals surface area contributed by atoms with Crippen molar-refractivity contribution in [3.63, 3.8) is 0 Å². The minimum absolute atomic E-state index is 0.0965. The van der Waals surface area contributed by atoms with Gasteiger partial charge in [-0.2, -0.15) is 15.8 Å². The van der Waals surface area contributed by atoms with E-state index in [0.29, 0.717) is 17.1 Å². The number of ether oxygens (including phenoxy) is 1. The van der Waals surface area contributed by atoms with E-state index in [2.05, 4.69) is 15.5 Å². The molecular formula is C13H8N6O. The summed E-state index contributed by atoms with van der Waals surface area (Å²) in [6.07, 6.45) is 0. The predicted molar refractivity (Wildman–Crippen MR) is 70.1 cm³/mol. The maximum atomic E-state index is 8.96. The van der Waals surface area contributed by atoms with Gasteiger partial charge in [0.15, 0.2) is 5.57 Å². The summed E-state index contributed by atoms with van der Waals surface area (Å²) in [7, 11) is 1.52. The molecule has 0 atom stereocenters. The van der Waals surface area contributed by atoms with Gasteiger partial charge in [0.25, 0.3) is 0 Å². The normalized spacial score (nSPS) is 9.10. The van der Waals surface area contributed by atoms with E-state index in [1.807, 2.05) is 0 Å². The number of aromatic nitrogens is 2. The molecule has 96 valence electrons. The van der Waals surface area contributed by atoms with Crippen molar-refractivity contribution in [2.45, 2.75) is 0 Å². The van der Waals surface area contributed by atoms with Crippen LogP contribution in [0.15, 0.2) is 29.5 Å². The molecule has 1 aromatic carbocycles. The monoisotopic (exact) mass is 264 g/mol. The number of nitriles is 3. The third-order valence-electron chi connectivity index (χ3n) is 2.58. The summed E-state index contributed by atoms with van der Waals surface area (Å²) in [5.41, 5.74) is 0.901. The van der Waals surface area contributed by atoms with Crippen LogP contribution in [0.5, 0.6) is 5.88 Å². The predicted octanol–water partition coefficient (Wildman–Crippen LogP) is 1.81. The van der Waals surface area contributed by atoms with Crippen LogP contribution >= 0.6 is 0 Å². The molecule has 0 aliphatic rings. The van der Waals surface area contributed by atoms with E-state index in [1.54, 1.807) is 36.4 Å². The Morgan fingerprint density at radius 3 is 2.60 bits per heavy atom. The number of fused-ring (bicyclic) bond motifs is 1. The third-order valence-corrected chi connectivity index (χ3v) is 2.58. The first-order valence-electron chi connectivity index (χ1n) is 5.47. The third kappa shape index (κ3) is 2.22. The lowest BCUT2D eigenvalue weighted by Crippen LogP contribution is -2.00. The van der Waals surface area contributed by atoms with Gasteiger partial charge in [-0.3, -0.25) is 5.10 Å². The summed E-state index contributed by atoms with van der Waals surface area (Å²) in [5, 5.41) is 36.8. The fourth-order valence-corrected chi connectivity index (χ4v) is 1.66. The second kappa shape index (κ2) is 5.43. The molecule has 0 saturated heterocycles. The molecular weight excluding hydrogens is 256 g/mol. The van der Waals surface area contributed by atoms with Gasteiger partial charge in [-0.25, -0.2) is 0 Å². The summed E-state index contributed by atoms with van der Waals surface area (Å²) in [5.74, 6) is 0.470. The second-order valence-corrected chi connectivity index (χ2v) is 3.70. The van der Waals surface area contributed by atoms with Crippen molar-refractivity contribution in [3.05, 3.63) is 29.5 Å². The van der Waals surface area contributed by atoms with Crippen LogP contribution in [0, 0.1) is 34.0 Å². The first-order chi connectivity index (χ1) is 9.73. The lowest BCUT2D eigenvalue weighted by molar-refractivity contribution is 0.401. The SMILES string of the molecule is COc1n[nH]c2cc(NC(C#N)=C(C#N)C#N)ccc12. The summed E-state index contributed by atoms with van der Waals surface area (Å²) in [6, 6.07) is 10.3. The maximum Gasteiger partial charge on any atom is 0.240 e. The van der Waals surface area contributed by atoms with E-state index in [-0.39, 0.29) is 11.3 Å². The van der Waals surface area contributed by atoms with Gasteiger partial charge >= 0.3 is 0 Å². The number of hydrogen-bond acceptors (Lipinski definition) is 6. The number of nitrogens with one attached hydrogen (secondary N) is 2. The van der Waals surface area contributed by atoms with Crippen molar-refractivity contribution < 1.29 is 4.74 Å². The molecule has 20 heavy (non-hydrogen) atoms. The lowest BCUT2D eigenvalue weighted by atomic mass is 10.2. The summed E-state index contributed by atoms with van der Waals surface area (Å²) < 4.78 is 5.07. The van der Waals surface area contributed by atoms with Gasteiger partial charge in [0.05, 0.1) is 18.0 Å². The van der Waals surface area contributed by atoms with E-state index in [0.717, 1.165) is 5.39 Å². The van der Waals surface area contributed by atoms with Crippen LogP contribution in [0.1, 0.15) is 0 Å². The second-order valence-electron chi connectivity index (χ2n) is 3.70. The fourth-order valence-electron chi connectivity index (χ4n) is 1.66. The van der Waals surface area contributed by atoms with Crippen molar-refractivity contribution in [1.82, 2.24) is 10.2 Å². The van der Waals surface area contributed by atoms with Gasteiger partial charge in [0.2, 0.25) is 5.88 Å². The van der Waals surface area contributed by atoms with Crippen molar-refractivity contribution in [1.29, 1.82) is 15.8 Å². The minimum Gasteiger partial charge on any atom is -0.480 e. The zero-order chi connectivity index (χ0) is 14.5. The molecule has 2 rings (SSSR count). The Hall–Kier alpha value is -3.50. The van der Waals surface area contributed by atoms with Crippen molar-refractivity contribution in [2.24, 2.45) is 0 Å². The van der Waals surface area contributed by atoms with Crippen LogP contribution in [0.3, 0.4) is 0 Å². The smallest absolute Gasteiger partial charge is 0.240 e. The average molecular weight is 264 g/mol. The van der Waals surface area contributed by atoms with E-state index in [9.17, 15) is 0 Å². The van der Waals surface area contributed by atoms with Gasteiger partial charge in [-0.05, 0) is 18.2 Å². The van der Waals surface area contributed by atoms with Crippen LogP contribution < -0.4 is 10.1 Å². The Bertz CT molecular complexity index is 796. The number of benzene rings is 1. The van der Waals surface area contributed by atoms with Gasteiger partial charge in [-0.1, -0.05) is 0 Å². The van der Waals surface area contributed by atoms with Gasteiger partial charge in [0.1, 0.15) is 23.9 Å². The molecule has 0 fully saturated rings. The first kappa shape index (κ1) is 12.9. The summed E-state index contributed by atoms with van der Waals surface area (Å²) in [6.45, 7) is 0. The molecule has 0 spiro atoms. The van der Waals surface area contributed by atoms with Crippen LogP contribution in [0.25, 0.3) is 10.9 Å². The van der Waals surface area contributed by atoms with Crippen LogP contribution in [-0.2, 0) is 0 Å². The van der Waals surface area contributed by atoms with Gasteiger partial charge in [0, 0.05) is 5.69 Å². The number of methoxy groups -OCH3 is 1. The Kier molecular flexibility index (Phi) is 3.51. The van der Waals surface area contributed by atoms with E-state index < -0.39 is 0 Å². The van der Waals surface area contributed by atoms with Crippen LogP contribution in [0.4, 0.5) is 5.69 Å². The van der Waals surface area contributed by atoms with E-state index >= 15 is 0 Å². The zero-order valence-electron chi connectivity index (χ0n) is 10.4. The number of nitrogens with zero attached hydrogens (tertiary/aromatic N) is 4. The molecule has 1 aromatic heterocycles. The number of anilines is 1. The van der Waals surface area contributed by atoms with Crippen molar-refractivity contribution >= 4 is 16.6 Å². The maximum absolute atomic E-state index is 8.96. The number of hydrogen-bond donors (Lipinski definition) is 2. The zero-order valence-corrected chi connectivity index (χ0v) is 10.4. The number of allylic oxidation sites excluding steroid dienone is 2. The van der Waals surface area contributed by atoms with E-state index in [4.69, 9.17) is 20.5 Å². The topological polar surface area (TPSA) is 121 Å². The molecule has 2 N–H and O–H groups in total. The highest BCUT2D eigenvalue weighted by atomic mass is 16.5. The average Bonchev–Trinajstić information content (AvgIpc) is 2.89. The minimum atomic E-state index is -0.269. The molecule has 0 aliphatic heterocycles. The Balaban J connectivity index is 2.41. The van der Waals surface area contributed by atoms with Crippen LogP contribution in [-0.4, -0.2) is 17.3 Å². The first-order valence-corrected chi connectivity index (χ1v) is 5.47. The molecule has 0 aliphatic carbocycles. The molecule has 7 heteroatoms. The molecule has 0 unspecified atom stereocenters. The Morgan fingerprint density at radius 2 is 2.00 bits per heavy atom. The Morgan fingerprint density at radius 1 is 1.25 bits per heavy atom. The highest BCUT2D eigenvalue weighted by Gasteiger charge is 2.09.